The van der Waals surface area contributed by atoms with E-state index in [0.29, 0.717) is 0 Å². The Hall–Kier alpha value is -2.74. The van der Waals surface area contributed by atoms with Crippen molar-refractivity contribution in [3.8, 4) is 0 Å². The van der Waals surface area contributed by atoms with Gasteiger partial charge in [-0.1, -0.05) is 0 Å². The second-order valence-corrected chi connectivity index (χ2v) is 8.18. The highest BCUT2D eigenvalue weighted by Crippen LogP contribution is 2.32. The first-order valence-corrected chi connectivity index (χ1v) is 9.69. The maximum Gasteiger partial charge on any atom is 0.311 e. The van der Waals surface area contributed by atoms with Crippen molar-refractivity contribution in [3.63, 3.8) is 0 Å². The summed E-state index contributed by atoms with van der Waals surface area (Å²) in [6, 6.07) is 0. The standard InChI is InChI=1S/C17H26N2O12/c1-17(2,3)16(21)30-12-9-27-14-11(8-26-15(12)14)29-13(20)6-4-5-10(31-19(24)25)7-28-18(22)23/h10-12,14-15H,4-9H2,1-3H3/t10-,11+,12+,14+,15+/m0/s1. The van der Waals surface area contributed by atoms with Crippen LogP contribution < -0.4 is 0 Å². The molecule has 0 unspecified atom stereocenters. The lowest BCUT2D eigenvalue weighted by Crippen LogP contribution is -2.38. The number of hydrogen-bond donors (Lipinski definition) is 0. The van der Waals surface area contributed by atoms with Crippen molar-refractivity contribution >= 4 is 11.9 Å². The van der Waals surface area contributed by atoms with Gasteiger partial charge in [-0.3, -0.25) is 9.59 Å². The molecular weight excluding hydrogens is 424 g/mol. The molecule has 0 aliphatic carbocycles. The van der Waals surface area contributed by atoms with Crippen LogP contribution in [0.1, 0.15) is 40.0 Å². The number of hydrogen-bond acceptors (Lipinski definition) is 12. The summed E-state index contributed by atoms with van der Waals surface area (Å²) in [4.78, 5) is 53.2. The predicted molar refractivity (Wildman–Crippen MR) is 97.4 cm³/mol. The molecule has 0 aromatic rings. The number of carbonyl (C=O) groups is 2. The fourth-order valence-electron chi connectivity index (χ4n) is 3.08. The highest BCUT2D eigenvalue weighted by Gasteiger charge is 2.51. The molecule has 0 saturated carbocycles. The van der Waals surface area contributed by atoms with E-state index in [2.05, 4.69) is 9.68 Å². The van der Waals surface area contributed by atoms with Crippen molar-refractivity contribution < 1.29 is 48.4 Å². The Labute approximate surface area is 177 Å². The average molecular weight is 450 g/mol. The quantitative estimate of drug-likeness (QED) is 0.244. The Bertz CT molecular complexity index is 679. The summed E-state index contributed by atoms with van der Waals surface area (Å²) in [5.74, 6) is -0.985. The molecule has 0 amide bonds. The molecule has 2 rings (SSSR count). The van der Waals surface area contributed by atoms with Crippen LogP contribution >= 0.6 is 0 Å². The van der Waals surface area contributed by atoms with Gasteiger partial charge in [-0.05, 0) is 33.6 Å². The summed E-state index contributed by atoms with van der Waals surface area (Å²) < 4.78 is 22.0. The zero-order valence-corrected chi connectivity index (χ0v) is 17.4. The van der Waals surface area contributed by atoms with Gasteiger partial charge < -0.3 is 28.6 Å². The summed E-state index contributed by atoms with van der Waals surface area (Å²) >= 11 is 0. The summed E-state index contributed by atoms with van der Waals surface area (Å²) in [5.41, 5.74) is -0.677. The molecule has 0 N–H and O–H groups in total. The Balaban J connectivity index is 1.76. The van der Waals surface area contributed by atoms with Gasteiger partial charge in [-0.15, -0.1) is 20.2 Å². The largest absolute Gasteiger partial charge is 0.457 e. The molecule has 0 bridgehead atoms. The molecule has 14 nitrogen and oxygen atoms in total. The topological polar surface area (TPSA) is 176 Å². The van der Waals surface area contributed by atoms with Crippen molar-refractivity contribution in [2.75, 3.05) is 19.8 Å². The molecule has 0 aromatic carbocycles. The summed E-state index contributed by atoms with van der Waals surface area (Å²) in [7, 11) is 0. The Morgan fingerprint density at radius 2 is 1.61 bits per heavy atom. The minimum atomic E-state index is -1.19. The molecule has 2 saturated heterocycles. The average Bonchev–Trinajstić information content (AvgIpc) is 3.22. The Kier molecular flexibility index (Phi) is 8.33. The Morgan fingerprint density at radius 1 is 1.03 bits per heavy atom. The second kappa shape index (κ2) is 10.5. The highest BCUT2D eigenvalue weighted by atomic mass is 17.0. The van der Waals surface area contributed by atoms with Crippen LogP contribution in [0.4, 0.5) is 0 Å². The van der Waals surface area contributed by atoms with Crippen molar-refractivity contribution in [1.82, 2.24) is 0 Å². The predicted octanol–water partition coefficient (Wildman–Crippen LogP) is 0.609. The van der Waals surface area contributed by atoms with Crippen LogP contribution in [0.25, 0.3) is 0 Å². The lowest BCUT2D eigenvalue weighted by atomic mass is 9.97. The van der Waals surface area contributed by atoms with Gasteiger partial charge >= 0.3 is 11.9 Å². The van der Waals surface area contributed by atoms with Crippen molar-refractivity contribution in [2.45, 2.75) is 70.6 Å². The van der Waals surface area contributed by atoms with Gasteiger partial charge in [0.2, 0.25) is 0 Å². The molecule has 2 aliphatic heterocycles. The number of fused-ring (bicyclic) bond motifs is 1. The van der Waals surface area contributed by atoms with Gasteiger partial charge in [0.1, 0.15) is 24.9 Å². The maximum atomic E-state index is 12.1. The van der Waals surface area contributed by atoms with E-state index in [-0.39, 0.29) is 32.5 Å². The molecule has 0 radical (unpaired) electrons. The molecule has 2 fully saturated rings. The lowest BCUT2D eigenvalue weighted by Gasteiger charge is -2.22. The van der Waals surface area contributed by atoms with Gasteiger partial charge in [0.15, 0.2) is 12.2 Å². The van der Waals surface area contributed by atoms with Gasteiger partial charge in [0, 0.05) is 6.42 Å². The first-order valence-electron chi connectivity index (χ1n) is 9.69. The van der Waals surface area contributed by atoms with Crippen LogP contribution in [0.3, 0.4) is 0 Å². The Morgan fingerprint density at radius 3 is 2.13 bits per heavy atom. The van der Waals surface area contributed by atoms with Crippen LogP contribution in [0.2, 0.25) is 0 Å². The molecule has 31 heavy (non-hydrogen) atoms. The van der Waals surface area contributed by atoms with Gasteiger partial charge in [0.25, 0.3) is 10.2 Å². The van der Waals surface area contributed by atoms with Gasteiger partial charge in [-0.25, -0.2) is 0 Å². The number of rotatable bonds is 11. The van der Waals surface area contributed by atoms with E-state index in [1.807, 2.05) is 0 Å². The molecule has 176 valence electrons. The summed E-state index contributed by atoms with van der Waals surface area (Å²) in [6.07, 6.45) is -3.59. The van der Waals surface area contributed by atoms with Crippen molar-refractivity contribution in [2.24, 2.45) is 5.41 Å². The molecule has 0 aromatic heterocycles. The second-order valence-electron chi connectivity index (χ2n) is 8.18. The van der Waals surface area contributed by atoms with E-state index in [1.54, 1.807) is 20.8 Å². The first kappa shape index (κ1) is 24.5. The molecular formula is C17H26N2O12. The van der Waals surface area contributed by atoms with Crippen LogP contribution in [0.15, 0.2) is 0 Å². The fourth-order valence-corrected chi connectivity index (χ4v) is 3.08. The number of ether oxygens (including phenoxy) is 4. The summed E-state index contributed by atoms with van der Waals surface area (Å²) in [5, 5.41) is 18.5. The third-order valence-corrected chi connectivity index (χ3v) is 4.62. The number of esters is 2. The van der Waals surface area contributed by atoms with Gasteiger partial charge in [-0.2, -0.15) is 0 Å². The monoisotopic (exact) mass is 450 g/mol. The SMILES string of the molecule is CC(C)(C)C(=O)O[C@@H]1CO[C@H]2[C@@H]1OC[C@H]2OC(=O)CCC[C@@H](CO[N+](=O)[O-])O[N+](=O)[O-]. The minimum absolute atomic E-state index is 0.0293. The smallest absolute Gasteiger partial charge is 0.311 e. The fraction of sp³-hybridized carbons (Fsp3) is 0.882. The van der Waals surface area contributed by atoms with E-state index in [9.17, 15) is 29.8 Å². The zero-order valence-electron chi connectivity index (χ0n) is 17.4. The number of nitrogens with zero attached hydrogens (tertiary/aromatic N) is 2. The van der Waals surface area contributed by atoms with E-state index < -0.39 is 64.7 Å². The molecule has 2 heterocycles. The molecule has 0 spiro atoms. The third-order valence-electron chi connectivity index (χ3n) is 4.62. The third kappa shape index (κ3) is 7.47. The van der Waals surface area contributed by atoms with Crippen LogP contribution in [-0.4, -0.2) is 72.5 Å². The zero-order chi connectivity index (χ0) is 23.2. The first-order chi connectivity index (χ1) is 14.5. The molecule has 5 atom stereocenters. The van der Waals surface area contributed by atoms with Crippen molar-refractivity contribution in [3.05, 3.63) is 20.2 Å². The minimum Gasteiger partial charge on any atom is -0.457 e. The van der Waals surface area contributed by atoms with Crippen LogP contribution in [-0.2, 0) is 38.2 Å². The highest BCUT2D eigenvalue weighted by molar-refractivity contribution is 5.75. The van der Waals surface area contributed by atoms with Crippen LogP contribution in [0.5, 0.6) is 0 Å². The lowest BCUT2D eigenvalue weighted by molar-refractivity contribution is -0.790. The summed E-state index contributed by atoms with van der Waals surface area (Å²) in [6.45, 7) is 4.76. The molecule has 2 aliphatic rings. The van der Waals surface area contributed by atoms with E-state index >= 15 is 0 Å². The maximum absolute atomic E-state index is 12.1. The van der Waals surface area contributed by atoms with E-state index in [0.717, 1.165) is 0 Å². The number of carbonyl (C=O) groups excluding carboxylic acids is 2. The van der Waals surface area contributed by atoms with E-state index in [4.69, 9.17) is 18.9 Å². The van der Waals surface area contributed by atoms with Crippen LogP contribution in [0, 0.1) is 25.6 Å². The van der Waals surface area contributed by atoms with Gasteiger partial charge in [0.05, 0.1) is 18.6 Å². The van der Waals surface area contributed by atoms with E-state index in [1.165, 1.54) is 0 Å². The van der Waals surface area contributed by atoms with Crippen molar-refractivity contribution in [1.29, 1.82) is 0 Å². The normalized spacial score (nSPS) is 25.9. The molecule has 14 heteroatoms.